The summed E-state index contributed by atoms with van der Waals surface area (Å²) in [4.78, 5) is 9.28. The van der Waals surface area contributed by atoms with E-state index in [9.17, 15) is 22.9 Å². The average Bonchev–Trinajstić information content (AvgIpc) is 3.26. The van der Waals surface area contributed by atoms with Crippen molar-refractivity contribution >= 4 is 15.7 Å². The summed E-state index contributed by atoms with van der Waals surface area (Å²) < 4.78 is 40.4. The molecule has 8 heteroatoms. The summed E-state index contributed by atoms with van der Waals surface area (Å²) >= 11 is 0. The van der Waals surface area contributed by atoms with Crippen molar-refractivity contribution in [3.63, 3.8) is 0 Å². The Hall–Kier alpha value is -1.54. The largest absolute Gasteiger partial charge is 0.324 e. The number of benzene rings is 1. The molecule has 0 heterocycles. The van der Waals surface area contributed by atoms with Crippen molar-refractivity contribution < 1.29 is 17.7 Å². The van der Waals surface area contributed by atoms with E-state index in [1.54, 1.807) is 0 Å². The van der Waals surface area contributed by atoms with Crippen LogP contribution in [0.4, 0.5) is 10.1 Å². The monoisotopic (exact) mass is 314 g/mol. The molecule has 0 aliphatic heterocycles. The van der Waals surface area contributed by atoms with Crippen molar-refractivity contribution in [1.82, 2.24) is 4.72 Å². The molecule has 0 radical (unpaired) electrons. The van der Waals surface area contributed by atoms with E-state index in [1.807, 2.05) is 0 Å². The maximum absolute atomic E-state index is 13.5. The zero-order chi connectivity index (χ0) is 15.3. The molecule has 21 heavy (non-hydrogen) atoms. The van der Waals surface area contributed by atoms with Gasteiger partial charge in [0.2, 0.25) is 15.8 Å². The van der Waals surface area contributed by atoms with Crippen LogP contribution in [0, 0.1) is 27.3 Å². The Balaban J connectivity index is 1.85. The Bertz CT molecular complexity index is 696. The van der Waals surface area contributed by atoms with Gasteiger partial charge >= 0.3 is 5.69 Å². The summed E-state index contributed by atoms with van der Waals surface area (Å²) in [5.74, 6) is -0.589. The van der Waals surface area contributed by atoms with Crippen molar-refractivity contribution in [2.24, 2.45) is 11.3 Å². The summed E-state index contributed by atoms with van der Waals surface area (Å²) in [6, 6.07) is 3.09. The average molecular weight is 314 g/mol. The molecule has 0 spiro atoms. The van der Waals surface area contributed by atoms with Crippen LogP contribution in [0.5, 0.6) is 0 Å². The zero-order valence-electron chi connectivity index (χ0n) is 11.2. The molecule has 0 aromatic heterocycles. The van der Waals surface area contributed by atoms with Crippen molar-refractivity contribution in [1.29, 1.82) is 0 Å². The van der Waals surface area contributed by atoms with Crippen molar-refractivity contribution in [3.8, 4) is 0 Å². The molecule has 2 aliphatic rings. The van der Waals surface area contributed by atoms with Gasteiger partial charge in [0.05, 0.1) is 4.92 Å². The van der Waals surface area contributed by atoms with E-state index in [4.69, 9.17) is 0 Å². The Kier molecular flexibility index (Phi) is 3.25. The van der Waals surface area contributed by atoms with Gasteiger partial charge in [-0.25, -0.2) is 13.1 Å². The van der Waals surface area contributed by atoms with Gasteiger partial charge in [-0.05, 0) is 49.1 Å². The number of para-hydroxylation sites is 1. The van der Waals surface area contributed by atoms with Gasteiger partial charge in [-0.15, -0.1) is 0 Å². The highest BCUT2D eigenvalue weighted by Gasteiger charge is 2.53. The number of hydrogen-bond acceptors (Lipinski definition) is 4. The number of nitrogens with one attached hydrogen (secondary N) is 1. The predicted octanol–water partition coefficient (Wildman–Crippen LogP) is 2.20. The number of sulfonamides is 1. The SMILES string of the molecule is O=[N+]([O-])c1c(F)cccc1S(=O)(=O)NCC1(C2CC2)CC1. The molecule has 0 saturated heterocycles. The van der Waals surface area contributed by atoms with Gasteiger partial charge in [-0.3, -0.25) is 10.1 Å². The fourth-order valence-electron chi connectivity index (χ4n) is 2.79. The minimum atomic E-state index is -4.09. The summed E-state index contributed by atoms with van der Waals surface area (Å²) in [6.45, 7) is 0.271. The molecule has 2 aliphatic carbocycles. The molecule has 0 unspecified atom stereocenters. The fourth-order valence-corrected chi connectivity index (χ4v) is 4.11. The molecular weight excluding hydrogens is 299 g/mol. The van der Waals surface area contributed by atoms with Crippen LogP contribution < -0.4 is 4.72 Å². The first-order valence-electron chi connectivity index (χ1n) is 6.78. The zero-order valence-corrected chi connectivity index (χ0v) is 12.0. The molecule has 0 atom stereocenters. The van der Waals surface area contributed by atoms with E-state index >= 15 is 0 Å². The van der Waals surface area contributed by atoms with E-state index in [2.05, 4.69) is 4.72 Å². The lowest BCUT2D eigenvalue weighted by Crippen LogP contribution is -2.31. The van der Waals surface area contributed by atoms with Crippen LogP contribution >= 0.6 is 0 Å². The highest BCUT2D eigenvalue weighted by atomic mass is 32.2. The van der Waals surface area contributed by atoms with Gasteiger partial charge in [-0.1, -0.05) is 6.07 Å². The lowest BCUT2D eigenvalue weighted by Gasteiger charge is -2.15. The Morgan fingerprint density at radius 1 is 1.38 bits per heavy atom. The number of nitro benzene ring substituents is 1. The molecule has 1 N–H and O–H groups in total. The fraction of sp³-hybridized carbons (Fsp3) is 0.538. The second kappa shape index (κ2) is 4.74. The molecule has 0 amide bonds. The highest BCUT2D eigenvalue weighted by Crippen LogP contribution is 2.60. The van der Waals surface area contributed by atoms with Gasteiger partial charge in [-0.2, -0.15) is 4.39 Å². The Morgan fingerprint density at radius 2 is 2.05 bits per heavy atom. The number of halogens is 1. The highest BCUT2D eigenvalue weighted by molar-refractivity contribution is 7.89. The Labute approximate surface area is 121 Å². The van der Waals surface area contributed by atoms with Crippen LogP contribution in [-0.2, 0) is 10.0 Å². The minimum absolute atomic E-state index is 0.0230. The first-order valence-corrected chi connectivity index (χ1v) is 8.27. The molecule has 2 fully saturated rings. The van der Waals surface area contributed by atoms with Gasteiger partial charge in [0, 0.05) is 6.54 Å². The number of nitrogens with zero attached hydrogens (tertiary/aromatic N) is 1. The first kappa shape index (κ1) is 14.4. The van der Waals surface area contributed by atoms with Crippen molar-refractivity contribution in [2.75, 3.05) is 6.54 Å². The molecule has 6 nitrogen and oxygen atoms in total. The number of rotatable bonds is 6. The summed E-state index contributed by atoms with van der Waals surface area (Å²) in [5, 5.41) is 10.9. The molecule has 0 bridgehead atoms. The molecular formula is C13H15FN2O4S. The second-order valence-electron chi connectivity index (χ2n) is 5.80. The van der Waals surface area contributed by atoms with Gasteiger partial charge in [0.15, 0.2) is 4.90 Å². The lowest BCUT2D eigenvalue weighted by atomic mass is 10.0. The van der Waals surface area contributed by atoms with E-state index in [1.165, 1.54) is 0 Å². The van der Waals surface area contributed by atoms with Crippen LogP contribution in [0.3, 0.4) is 0 Å². The maximum atomic E-state index is 13.5. The van der Waals surface area contributed by atoms with Crippen LogP contribution in [0.2, 0.25) is 0 Å². The number of hydrogen-bond donors (Lipinski definition) is 1. The van der Waals surface area contributed by atoms with Crippen molar-refractivity contribution in [3.05, 3.63) is 34.1 Å². The summed E-state index contributed by atoms with van der Waals surface area (Å²) in [6.07, 6.45) is 4.18. The number of nitro groups is 1. The van der Waals surface area contributed by atoms with E-state index in [0.717, 1.165) is 43.9 Å². The van der Waals surface area contributed by atoms with Gasteiger partial charge in [0.1, 0.15) is 0 Å². The maximum Gasteiger partial charge on any atom is 0.324 e. The predicted molar refractivity (Wildman–Crippen MR) is 72.6 cm³/mol. The van der Waals surface area contributed by atoms with E-state index in [-0.39, 0.29) is 12.0 Å². The third-order valence-electron chi connectivity index (χ3n) is 4.37. The van der Waals surface area contributed by atoms with Gasteiger partial charge < -0.3 is 0 Å². The first-order chi connectivity index (χ1) is 9.86. The molecule has 1 aromatic rings. The smallest absolute Gasteiger partial charge is 0.258 e. The van der Waals surface area contributed by atoms with E-state index < -0.39 is 31.3 Å². The lowest BCUT2D eigenvalue weighted by molar-refractivity contribution is -0.390. The van der Waals surface area contributed by atoms with Gasteiger partial charge in [0.25, 0.3) is 0 Å². The third kappa shape index (κ3) is 2.65. The summed E-state index contributed by atoms with van der Waals surface area (Å²) in [7, 11) is -4.09. The van der Waals surface area contributed by atoms with Crippen LogP contribution in [0.1, 0.15) is 25.7 Å². The molecule has 1 aromatic carbocycles. The second-order valence-corrected chi connectivity index (χ2v) is 7.54. The minimum Gasteiger partial charge on any atom is -0.258 e. The quantitative estimate of drug-likeness (QED) is 0.644. The van der Waals surface area contributed by atoms with E-state index in [0.29, 0.717) is 5.92 Å². The van der Waals surface area contributed by atoms with Crippen molar-refractivity contribution in [2.45, 2.75) is 30.6 Å². The summed E-state index contributed by atoms with van der Waals surface area (Å²) in [5.41, 5.74) is -0.976. The Morgan fingerprint density at radius 3 is 2.57 bits per heavy atom. The topological polar surface area (TPSA) is 89.3 Å². The van der Waals surface area contributed by atoms with Crippen LogP contribution in [-0.4, -0.2) is 19.9 Å². The molecule has 3 rings (SSSR count). The molecule has 114 valence electrons. The van der Waals surface area contributed by atoms with Crippen LogP contribution in [0.15, 0.2) is 23.1 Å². The molecule has 2 saturated carbocycles. The normalized spacial score (nSPS) is 20.2. The third-order valence-corrected chi connectivity index (χ3v) is 5.80. The standard InChI is InChI=1S/C13H15FN2O4S/c14-10-2-1-3-11(12(10)16(17)18)21(19,20)15-8-13(6-7-13)9-4-5-9/h1-3,9,15H,4-8H2. The van der Waals surface area contributed by atoms with Crippen LogP contribution in [0.25, 0.3) is 0 Å².